The minimum Gasteiger partial charge on any atom is -0.351 e. The van der Waals surface area contributed by atoms with Crippen LogP contribution in [0.15, 0.2) is 0 Å². The highest BCUT2D eigenvalue weighted by Gasteiger charge is 2.08. The van der Waals surface area contributed by atoms with Crippen LogP contribution in [0.5, 0.6) is 0 Å². The minimum absolute atomic E-state index is 0.336. The Hall–Kier alpha value is -1.50. The zero-order valence-corrected chi connectivity index (χ0v) is 6.31. The summed E-state index contributed by atoms with van der Waals surface area (Å²) in [6.07, 6.45) is 5.35. The molecule has 0 aromatic carbocycles. The average Bonchev–Trinajstić information content (AvgIpc) is 2.03. The first kappa shape index (κ1) is 9.50. The molecule has 0 atom stereocenters. The summed E-state index contributed by atoms with van der Waals surface area (Å²) in [7, 11) is 1.39. The molecule has 4 heteroatoms. The molecule has 0 bridgehead atoms. The fourth-order valence-electron chi connectivity index (χ4n) is 0.442. The Bertz CT molecular complexity index is 193. The normalized spacial score (nSPS) is 8.00. The Morgan fingerprint density at radius 3 is 2.55 bits per heavy atom. The third-order valence-corrected chi connectivity index (χ3v) is 0.988. The Balaban J connectivity index is 3.54. The summed E-state index contributed by atoms with van der Waals surface area (Å²) in [5, 5.41) is 4.53. The molecular weight excluding hydrogens is 144 g/mol. The van der Waals surface area contributed by atoms with Crippen LogP contribution in [0.2, 0.25) is 0 Å². The van der Waals surface area contributed by atoms with E-state index in [0.29, 0.717) is 13.0 Å². The maximum atomic E-state index is 10.7. The number of carbonyl (C=O) groups is 2. The molecule has 0 unspecified atom stereocenters. The van der Waals surface area contributed by atoms with Gasteiger partial charge < -0.3 is 10.6 Å². The summed E-state index contributed by atoms with van der Waals surface area (Å²) < 4.78 is 0. The monoisotopic (exact) mass is 154 g/mol. The van der Waals surface area contributed by atoms with E-state index < -0.39 is 11.8 Å². The van der Waals surface area contributed by atoms with Crippen LogP contribution in [0.3, 0.4) is 0 Å². The Morgan fingerprint density at radius 2 is 2.09 bits per heavy atom. The topological polar surface area (TPSA) is 58.2 Å². The van der Waals surface area contributed by atoms with Gasteiger partial charge in [0.05, 0.1) is 0 Å². The van der Waals surface area contributed by atoms with Gasteiger partial charge in [-0.2, -0.15) is 0 Å². The molecule has 0 rings (SSSR count). The van der Waals surface area contributed by atoms with Gasteiger partial charge in [0.2, 0.25) is 0 Å². The van der Waals surface area contributed by atoms with E-state index in [0.717, 1.165) is 0 Å². The van der Waals surface area contributed by atoms with Gasteiger partial charge in [0, 0.05) is 20.0 Å². The average molecular weight is 154 g/mol. The molecule has 0 aromatic heterocycles. The molecular formula is C7H10N2O2. The fourth-order valence-corrected chi connectivity index (χ4v) is 0.442. The second-order valence-electron chi connectivity index (χ2n) is 1.79. The highest BCUT2D eigenvalue weighted by Crippen LogP contribution is 1.71. The lowest BCUT2D eigenvalue weighted by molar-refractivity contribution is -0.138. The minimum atomic E-state index is -0.651. The van der Waals surface area contributed by atoms with Crippen molar-refractivity contribution in [3.63, 3.8) is 0 Å². The number of terminal acetylenes is 1. The van der Waals surface area contributed by atoms with Gasteiger partial charge in [0.15, 0.2) is 0 Å². The number of carbonyl (C=O) groups excluding carboxylic acids is 2. The number of nitrogens with one attached hydrogen (secondary N) is 2. The molecule has 0 radical (unpaired) electrons. The van der Waals surface area contributed by atoms with Gasteiger partial charge in [-0.15, -0.1) is 12.3 Å². The standard InChI is InChI=1S/C7H10N2O2/c1-3-4-5-9-7(11)6(10)8-2/h1H,4-5H2,2H3,(H,8,10)(H,9,11). The molecule has 0 saturated carbocycles. The highest BCUT2D eigenvalue weighted by atomic mass is 16.2. The van der Waals surface area contributed by atoms with E-state index in [4.69, 9.17) is 6.42 Å². The van der Waals surface area contributed by atoms with E-state index in [2.05, 4.69) is 16.6 Å². The lowest BCUT2D eigenvalue weighted by Crippen LogP contribution is -2.38. The lowest BCUT2D eigenvalue weighted by atomic mass is 10.4. The largest absolute Gasteiger partial charge is 0.351 e. The van der Waals surface area contributed by atoms with Crippen molar-refractivity contribution in [2.45, 2.75) is 6.42 Å². The van der Waals surface area contributed by atoms with Crippen LogP contribution in [0.1, 0.15) is 6.42 Å². The molecule has 4 nitrogen and oxygen atoms in total. The van der Waals surface area contributed by atoms with E-state index >= 15 is 0 Å². The predicted molar refractivity (Wildman–Crippen MR) is 40.5 cm³/mol. The van der Waals surface area contributed by atoms with Crippen molar-refractivity contribution in [3.05, 3.63) is 0 Å². The van der Waals surface area contributed by atoms with Crippen LogP contribution in [-0.2, 0) is 9.59 Å². The van der Waals surface area contributed by atoms with Crippen LogP contribution in [0.4, 0.5) is 0 Å². The Labute approximate surface area is 65.4 Å². The van der Waals surface area contributed by atoms with Crippen LogP contribution in [-0.4, -0.2) is 25.4 Å². The third kappa shape index (κ3) is 3.98. The van der Waals surface area contributed by atoms with Crippen molar-refractivity contribution in [3.8, 4) is 12.3 Å². The van der Waals surface area contributed by atoms with E-state index in [-0.39, 0.29) is 0 Å². The van der Waals surface area contributed by atoms with Crippen molar-refractivity contribution in [2.75, 3.05) is 13.6 Å². The first-order chi connectivity index (χ1) is 5.22. The number of rotatable bonds is 2. The van der Waals surface area contributed by atoms with Crippen molar-refractivity contribution >= 4 is 11.8 Å². The summed E-state index contributed by atoms with van der Waals surface area (Å²) in [6, 6.07) is 0. The maximum absolute atomic E-state index is 10.7. The number of likely N-dealkylation sites (N-methyl/N-ethyl adjacent to an activating group) is 1. The van der Waals surface area contributed by atoms with E-state index in [1.165, 1.54) is 7.05 Å². The second-order valence-corrected chi connectivity index (χ2v) is 1.79. The molecule has 0 fully saturated rings. The smallest absolute Gasteiger partial charge is 0.309 e. The van der Waals surface area contributed by atoms with Crippen LogP contribution < -0.4 is 10.6 Å². The molecule has 0 aliphatic heterocycles. The van der Waals surface area contributed by atoms with Gasteiger partial charge in [0.1, 0.15) is 0 Å². The van der Waals surface area contributed by atoms with Crippen molar-refractivity contribution in [1.29, 1.82) is 0 Å². The summed E-state index contributed by atoms with van der Waals surface area (Å²) in [5.74, 6) is 1.03. The molecule has 2 amide bonds. The van der Waals surface area contributed by atoms with Crippen molar-refractivity contribution < 1.29 is 9.59 Å². The number of hydrogen-bond acceptors (Lipinski definition) is 2. The zero-order chi connectivity index (χ0) is 8.69. The zero-order valence-electron chi connectivity index (χ0n) is 6.31. The molecule has 0 spiro atoms. The second kappa shape index (κ2) is 5.30. The fraction of sp³-hybridized carbons (Fsp3) is 0.429. The van der Waals surface area contributed by atoms with Gasteiger partial charge in [0.25, 0.3) is 0 Å². The summed E-state index contributed by atoms with van der Waals surface area (Å²) in [5.41, 5.74) is 0. The maximum Gasteiger partial charge on any atom is 0.309 e. The number of amides is 2. The molecule has 0 aliphatic rings. The molecule has 0 heterocycles. The molecule has 2 N–H and O–H groups in total. The van der Waals surface area contributed by atoms with E-state index in [9.17, 15) is 9.59 Å². The third-order valence-electron chi connectivity index (χ3n) is 0.988. The summed E-state index contributed by atoms with van der Waals surface area (Å²) in [4.78, 5) is 21.2. The molecule has 0 aliphatic carbocycles. The molecule has 0 aromatic rings. The predicted octanol–water partition coefficient (Wildman–Crippen LogP) is -1.13. The van der Waals surface area contributed by atoms with Gasteiger partial charge in [-0.3, -0.25) is 9.59 Å². The number of hydrogen-bond donors (Lipinski definition) is 2. The summed E-state index contributed by atoms with van der Waals surface area (Å²) in [6.45, 7) is 0.336. The van der Waals surface area contributed by atoms with Crippen molar-refractivity contribution in [2.24, 2.45) is 0 Å². The van der Waals surface area contributed by atoms with E-state index in [1.54, 1.807) is 0 Å². The highest BCUT2D eigenvalue weighted by molar-refractivity contribution is 6.34. The Morgan fingerprint density at radius 1 is 1.45 bits per heavy atom. The van der Waals surface area contributed by atoms with E-state index in [1.807, 2.05) is 0 Å². The molecule has 0 saturated heterocycles. The van der Waals surface area contributed by atoms with Gasteiger partial charge >= 0.3 is 11.8 Å². The van der Waals surface area contributed by atoms with Crippen LogP contribution >= 0.6 is 0 Å². The van der Waals surface area contributed by atoms with Gasteiger partial charge in [-0.05, 0) is 0 Å². The van der Waals surface area contributed by atoms with Gasteiger partial charge in [-0.1, -0.05) is 0 Å². The quantitative estimate of drug-likeness (QED) is 0.300. The van der Waals surface area contributed by atoms with Gasteiger partial charge in [-0.25, -0.2) is 0 Å². The van der Waals surface area contributed by atoms with Crippen LogP contribution in [0.25, 0.3) is 0 Å². The van der Waals surface area contributed by atoms with Crippen molar-refractivity contribution in [1.82, 2.24) is 10.6 Å². The first-order valence-electron chi connectivity index (χ1n) is 3.15. The Kier molecular flexibility index (Phi) is 4.58. The summed E-state index contributed by atoms with van der Waals surface area (Å²) >= 11 is 0. The SMILES string of the molecule is C#CCCNC(=O)C(=O)NC. The van der Waals surface area contributed by atoms with Crippen LogP contribution in [0, 0.1) is 12.3 Å². The molecule has 11 heavy (non-hydrogen) atoms. The molecule has 60 valence electrons. The lowest BCUT2D eigenvalue weighted by Gasteiger charge is -1.99. The first-order valence-corrected chi connectivity index (χ1v) is 3.15.